The van der Waals surface area contributed by atoms with Crippen molar-refractivity contribution in [2.45, 2.75) is 31.7 Å². The molecule has 0 aromatic heterocycles. The van der Waals surface area contributed by atoms with Crippen LogP contribution in [0.1, 0.15) is 35.2 Å². The van der Waals surface area contributed by atoms with Crippen molar-refractivity contribution in [2.24, 2.45) is 0 Å². The zero-order chi connectivity index (χ0) is 14.1. The van der Waals surface area contributed by atoms with Gasteiger partial charge in [0.1, 0.15) is 6.04 Å². The number of anilines is 1. The van der Waals surface area contributed by atoms with Crippen LogP contribution < -0.4 is 5.32 Å². The Morgan fingerprint density at radius 2 is 2.15 bits per heavy atom. The third kappa shape index (κ3) is 2.13. The molecule has 5 nitrogen and oxygen atoms in total. The van der Waals surface area contributed by atoms with Gasteiger partial charge in [-0.1, -0.05) is 6.07 Å². The number of carboxylic acids is 1. The summed E-state index contributed by atoms with van der Waals surface area (Å²) in [5, 5.41) is 12.5. The van der Waals surface area contributed by atoms with Gasteiger partial charge in [-0.15, -0.1) is 0 Å². The Bertz CT molecular complexity index is 556. The number of likely N-dealkylation sites (tertiary alicyclic amines) is 1. The maximum atomic E-state index is 12.7. The summed E-state index contributed by atoms with van der Waals surface area (Å²) < 4.78 is 0. The summed E-state index contributed by atoms with van der Waals surface area (Å²) in [6.07, 6.45) is 3.18. The van der Waals surface area contributed by atoms with E-state index in [0.717, 1.165) is 37.1 Å². The van der Waals surface area contributed by atoms with E-state index in [1.807, 2.05) is 18.2 Å². The second kappa shape index (κ2) is 5.15. The summed E-state index contributed by atoms with van der Waals surface area (Å²) in [5.41, 5.74) is 2.69. The monoisotopic (exact) mass is 274 g/mol. The zero-order valence-electron chi connectivity index (χ0n) is 11.3. The minimum absolute atomic E-state index is 0.143. The highest BCUT2D eigenvalue weighted by Gasteiger charge is 2.35. The number of benzene rings is 1. The van der Waals surface area contributed by atoms with E-state index in [2.05, 4.69) is 5.32 Å². The lowest BCUT2D eigenvalue weighted by Crippen LogP contribution is -2.41. The Morgan fingerprint density at radius 3 is 2.95 bits per heavy atom. The van der Waals surface area contributed by atoms with E-state index in [9.17, 15) is 14.7 Å². The van der Waals surface area contributed by atoms with Gasteiger partial charge in [-0.05, 0) is 43.4 Å². The van der Waals surface area contributed by atoms with Crippen LogP contribution in [0, 0.1) is 0 Å². The van der Waals surface area contributed by atoms with Crippen molar-refractivity contribution < 1.29 is 14.7 Å². The fraction of sp³-hybridized carbons (Fsp3) is 0.467. The van der Waals surface area contributed by atoms with Crippen molar-refractivity contribution in [3.63, 3.8) is 0 Å². The van der Waals surface area contributed by atoms with Crippen molar-refractivity contribution in [3.8, 4) is 0 Å². The Kier molecular flexibility index (Phi) is 3.34. The number of hydrogen-bond acceptors (Lipinski definition) is 3. The van der Waals surface area contributed by atoms with Crippen molar-refractivity contribution in [2.75, 3.05) is 18.4 Å². The van der Waals surface area contributed by atoms with Crippen molar-refractivity contribution in [1.82, 2.24) is 4.90 Å². The molecule has 2 N–H and O–H groups in total. The molecule has 20 heavy (non-hydrogen) atoms. The van der Waals surface area contributed by atoms with Crippen molar-refractivity contribution in [1.29, 1.82) is 0 Å². The predicted octanol–water partition coefficient (Wildman–Crippen LogP) is 1.73. The molecule has 0 aliphatic carbocycles. The molecule has 2 aliphatic rings. The number of fused-ring (bicyclic) bond motifs is 1. The Labute approximate surface area is 117 Å². The number of nitrogens with one attached hydrogen (secondary N) is 1. The fourth-order valence-corrected chi connectivity index (χ4v) is 3.13. The highest BCUT2D eigenvalue weighted by atomic mass is 16.4. The van der Waals surface area contributed by atoms with Crippen LogP contribution in [0.15, 0.2) is 18.2 Å². The van der Waals surface area contributed by atoms with Crippen LogP contribution in [0.4, 0.5) is 5.69 Å². The van der Waals surface area contributed by atoms with Gasteiger partial charge in [0.2, 0.25) is 0 Å². The Balaban J connectivity index is 1.93. The lowest BCUT2D eigenvalue weighted by Gasteiger charge is -2.25. The topological polar surface area (TPSA) is 69.6 Å². The summed E-state index contributed by atoms with van der Waals surface area (Å²) in [7, 11) is 0. The average molecular weight is 274 g/mol. The molecule has 0 radical (unpaired) electrons. The Morgan fingerprint density at radius 1 is 1.30 bits per heavy atom. The molecule has 0 unspecified atom stereocenters. The lowest BCUT2D eigenvalue weighted by molar-refractivity contribution is -0.141. The van der Waals surface area contributed by atoms with Gasteiger partial charge in [0.15, 0.2) is 0 Å². The van der Waals surface area contributed by atoms with Crippen LogP contribution in [0.3, 0.4) is 0 Å². The SMILES string of the molecule is O=C(O)[C@H]1CCCN1C(=O)c1cccc2c1CCCN2. The molecule has 0 saturated carbocycles. The first kappa shape index (κ1) is 13.0. The van der Waals surface area contributed by atoms with Crippen LogP contribution in [-0.2, 0) is 11.2 Å². The van der Waals surface area contributed by atoms with Gasteiger partial charge >= 0.3 is 5.97 Å². The molecular weight excluding hydrogens is 256 g/mol. The standard InChI is InChI=1S/C15H18N2O3/c18-14(17-9-3-7-13(17)15(19)20)11-4-1-6-12-10(11)5-2-8-16-12/h1,4,6,13,16H,2-3,5,7-9H2,(H,19,20)/t13-/m1/s1. The summed E-state index contributed by atoms with van der Waals surface area (Å²) in [4.78, 5) is 25.4. The summed E-state index contributed by atoms with van der Waals surface area (Å²) in [5.74, 6) is -1.05. The molecule has 1 aromatic carbocycles. The first-order valence-electron chi connectivity index (χ1n) is 7.08. The first-order chi connectivity index (χ1) is 9.68. The minimum Gasteiger partial charge on any atom is -0.480 e. The summed E-state index contributed by atoms with van der Waals surface area (Å²) in [6.45, 7) is 1.46. The van der Waals surface area contributed by atoms with Gasteiger partial charge in [-0.3, -0.25) is 4.79 Å². The molecule has 5 heteroatoms. The van der Waals surface area contributed by atoms with E-state index in [-0.39, 0.29) is 5.91 Å². The molecule has 2 heterocycles. The van der Waals surface area contributed by atoms with Crippen LogP contribution in [-0.4, -0.2) is 41.0 Å². The van der Waals surface area contributed by atoms with E-state index < -0.39 is 12.0 Å². The van der Waals surface area contributed by atoms with E-state index in [1.54, 1.807) is 0 Å². The van der Waals surface area contributed by atoms with E-state index in [4.69, 9.17) is 0 Å². The number of carboxylic acid groups (broad SMARTS) is 1. The molecule has 3 rings (SSSR count). The van der Waals surface area contributed by atoms with Gasteiger partial charge in [0.05, 0.1) is 0 Å². The molecule has 106 valence electrons. The summed E-state index contributed by atoms with van der Waals surface area (Å²) >= 11 is 0. The smallest absolute Gasteiger partial charge is 0.326 e. The molecule has 1 saturated heterocycles. The van der Waals surface area contributed by atoms with E-state index in [0.29, 0.717) is 18.5 Å². The van der Waals surface area contributed by atoms with E-state index in [1.165, 1.54) is 4.90 Å². The molecule has 0 spiro atoms. The first-order valence-corrected chi connectivity index (χ1v) is 7.08. The van der Waals surface area contributed by atoms with Gasteiger partial charge < -0.3 is 15.3 Å². The van der Waals surface area contributed by atoms with Crippen LogP contribution in [0.25, 0.3) is 0 Å². The Hall–Kier alpha value is -2.04. The number of carbonyl (C=O) groups is 2. The second-order valence-electron chi connectivity index (χ2n) is 5.36. The minimum atomic E-state index is -0.904. The molecule has 1 aromatic rings. The molecule has 0 bridgehead atoms. The third-order valence-electron chi connectivity index (χ3n) is 4.12. The maximum absolute atomic E-state index is 12.7. The highest BCUT2D eigenvalue weighted by molar-refractivity contribution is 5.99. The quantitative estimate of drug-likeness (QED) is 0.861. The second-order valence-corrected chi connectivity index (χ2v) is 5.36. The lowest BCUT2D eigenvalue weighted by atomic mass is 9.96. The number of aliphatic carboxylic acids is 1. The zero-order valence-corrected chi connectivity index (χ0v) is 11.3. The fourth-order valence-electron chi connectivity index (χ4n) is 3.13. The maximum Gasteiger partial charge on any atom is 0.326 e. The van der Waals surface area contributed by atoms with Gasteiger partial charge in [0, 0.05) is 24.3 Å². The number of carbonyl (C=O) groups excluding carboxylic acids is 1. The van der Waals surface area contributed by atoms with E-state index >= 15 is 0 Å². The highest BCUT2D eigenvalue weighted by Crippen LogP contribution is 2.28. The van der Waals surface area contributed by atoms with Gasteiger partial charge in [0.25, 0.3) is 5.91 Å². The molecule has 2 aliphatic heterocycles. The molecule has 1 atom stereocenters. The number of hydrogen-bond donors (Lipinski definition) is 2. The number of nitrogens with zero attached hydrogens (tertiary/aromatic N) is 1. The number of amides is 1. The van der Waals surface area contributed by atoms with Crippen LogP contribution in [0.2, 0.25) is 0 Å². The number of rotatable bonds is 2. The molecule has 1 fully saturated rings. The largest absolute Gasteiger partial charge is 0.480 e. The summed E-state index contributed by atoms with van der Waals surface area (Å²) in [6, 6.07) is 4.97. The van der Waals surface area contributed by atoms with Gasteiger partial charge in [-0.2, -0.15) is 0 Å². The average Bonchev–Trinajstić information content (AvgIpc) is 2.95. The van der Waals surface area contributed by atoms with Crippen molar-refractivity contribution >= 4 is 17.6 Å². The molecule has 1 amide bonds. The van der Waals surface area contributed by atoms with Crippen LogP contribution >= 0.6 is 0 Å². The molecular formula is C15H18N2O3. The predicted molar refractivity (Wildman–Crippen MR) is 74.9 cm³/mol. The van der Waals surface area contributed by atoms with Crippen molar-refractivity contribution in [3.05, 3.63) is 29.3 Å². The normalized spacial score (nSPS) is 21.2. The third-order valence-corrected chi connectivity index (χ3v) is 4.12. The van der Waals surface area contributed by atoms with Gasteiger partial charge in [-0.25, -0.2) is 4.79 Å². The van der Waals surface area contributed by atoms with Crippen LogP contribution in [0.5, 0.6) is 0 Å².